The van der Waals surface area contributed by atoms with Crippen LogP contribution in [0.15, 0.2) is 30.4 Å². The normalized spacial score (nSPS) is 15.6. The number of carbonyl (C=O) groups excluding carboxylic acids is 1. The molecule has 1 heterocycles. The second-order valence-electron chi connectivity index (χ2n) is 3.81. The Labute approximate surface area is 106 Å². The quantitative estimate of drug-likeness (QED) is 0.757. The van der Waals surface area contributed by atoms with Gasteiger partial charge in [0.05, 0.1) is 12.1 Å². The maximum absolute atomic E-state index is 12.2. The predicted octanol–water partition coefficient (Wildman–Crippen LogP) is 2.75. The minimum absolute atomic E-state index is 0.0295. The summed E-state index contributed by atoms with van der Waals surface area (Å²) < 4.78 is 5.54. The molecule has 4 heteroatoms. The fourth-order valence-electron chi connectivity index (χ4n) is 1.74. The third-order valence-corrected chi connectivity index (χ3v) is 2.87. The van der Waals surface area contributed by atoms with Gasteiger partial charge in [0.25, 0.3) is 5.91 Å². The maximum atomic E-state index is 12.2. The van der Waals surface area contributed by atoms with Gasteiger partial charge in [-0.1, -0.05) is 23.8 Å². The molecule has 0 unspecified atom stereocenters. The Morgan fingerprint density at radius 3 is 3.12 bits per heavy atom. The molecule has 0 fully saturated rings. The van der Waals surface area contributed by atoms with E-state index in [1.54, 1.807) is 23.1 Å². The molecule has 3 nitrogen and oxygen atoms in total. The van der Waals surface area contributed by atoms with Crippen molar-refractivity contribution in [3.8, 4) is 5.75 Å². The highest BCUT2D eigenvalue weighted by Gasteiger charge is 2.22. The number of benzene rings is 1. The SMILES string of the molecule is C/C=C/CN1CCOc2ccc(Cl)cc2C1=O. The zero-order valence-electron chi connectivity index (χ0n) is 9.65. The predicted molar refractivity (Wildman–Crippen MR) is 67.7 cm³/mol. The molecule has 0 bridgehead atoms. The van der Waals surface area contributed by atoms with E-state index in [0.29, 0.717) is 36.0 Å². The molecule has 0 saturated heterocycles. The number of halogens is 1. The van der Waals surface area contributed by atoms with Gasteiger partial charge in [0.2, 0.25) is 0 Å². The lowest BCUT2D eigenvalue weighted by atomic mass is 10.2. The van der Waals surface area contributed by atoms with Gasteiger partial charge in [0.1, 0.15) is 12.4 Å². The number of allylic oxidation sites excluding steroid dienone is 1. The summed E-state index contributed by atoms with van der Waals surface area (Å²) in [5, 5.41) is 0.550. The number of hydrogen-bond donors (Lipinski definition) is 0. The van der Waals surface area contributed by atoms with Gasteiger partial charge < -0.3 is 9.64 Å². The first-order valence-electron chi connectivity index (χ1n) is 5.55. The van der Waals surface area contributed by atoms with Crippen molar-refractivity contribution in [1.82, 2.24) is 4.90 Å². The van der Waals surface area contributed by atoms with E-state index in [4.69, 9.17) is 16.3 Å². The number of amides is 1. The van der Waals surface area contributed by atoms with Crippen LogP contribution in [-0.2, 0) is 0 Å². The van der Waals surface area contributed by atoms with Crippen molar-refractivity contribution >= 4 is 17.5 Å². The number of rotatable bonds is 2. The Morgan fingerprint density at radius 1 is 1.53 bits per heavy atom. The fourth-order valence-corrected chi connectivity index (χ4v) is 1.91. The minimum atomic E-state index is -0.0295. The van der Waals surface area contributed by atoms with Crippen LogP contribution in [0.5, 0.6) is 5.75 Å². The van der Waals surface area contributed by atoms with Gasteiger partial charge >= 0.3 is 0 Å². The molecule has 0 aliphatic carbocycles. The van der Waals surface area contributed by atoms with Crippen LogP contribution in [0.1, 0.15) is 17.3 Å². The lowest BCUT2D eigenvalue weighted by molar-refractivity contribution is 0.0775. The van der Waals surface area contributed by atoms with Crippen LogP contribution in [0.25, 0.3) is 0 Å². The molecule has 1 amide bonds. The standard InChI is InChI=1S/C13H14ClNO2/c1-2-3-6-15-7-8-17-12-5-4-10(14)9-11(12)13(15)16/h2-5,9H,6-8H2,1H3/b3-2+. The molecule has 0 spiro atoms. The first-order valence-corrected chi connectivity index (χ1v) is 5.93. The van der Waals surface area contributed by atoms with E-state index >= 15 is 0 Å². The first kappa shape index (κ1) is 12.0. The summed E-state index contributed by atoms with van der Waals surface area (Å²) in [4.78, 5) is 14.0. The van der Waals surface area contributed by atoms with Crippen molar-refractivity contribution in [2.75, 3.05) is 19.7 Å². The van der Waals surface area contributed by atoms with E-state index in [1.807, 2.05) is 19.1 Å². The van der Waals surface area contributed by atoms with Gasteiger partial charge in [-0.15, -0.1) is 0 Å². The Hall–Kier alpha value is -1.48. The first-order chi connectivity index (χ1) is 8.22. The molecule has 90 valence electrons. The van der Waals surface area contributed by atoms with Crippen LogP contribution in [0.2, 0.25) is 5.02 Å². The second-order valence-corrected chi connectivity index (χ2v) is 4.25. The Balaban J connectivity index is 2.31. The maximum Gasteiger partial charge on any atom is 0.258 e. The highest BCUT2D eigenvalue weighted by Crippen LogP contribution is 2.26. The lowest BCUT2D eigenvalue weighted by Gasteiger charge is -2.17. The Bertz CT molecular complexity index is 457. The molecule has 0 N–H and O–H groups in total. The molecule has 1 aromatic carbocycles. The molecule has 1 aromatic rings. The van der Waals surface area contributed by atoms with Crippen molar-refractivity contribution in [3.05, 3.63) is 40.9 Å². The van der Waals surface area contributed by atoms with E-state index in [9.17, 15) is 4.79 Å². The average molecular weight is 252 g/mol. The topological polar surface area (TPSA) is 29.5 Å². The molecule has 2 rings (SSSR count). The fraction of sp³-hybridized carbons (Fsp3) is 0.308. The van der Waals surface area contributed by atoms with Gasteiger partial charge in [-0.25, -0.2) is 0 Å². The summed E-state index contributed by atoms with van der Waals surface area (Å²) in [7, 11) is 0. The molecule has 0 atom stereocenters. The van der Waals surface area contributed by atoms with E-state index in [-0.39, 0.29) is 5.91 Å². The smallest absolute Gasteiger partial charge is 0.258 e. The van der Waals surface area contributed by atoms with Gasteiger partial charge in [-0.05, 0) is 25.1 Å². The van der Waals surface area contributed by atoms with Gasteiger partial charge in [-0.3, -0.25) is 4.79 Å². The molecular weight excluding hydrogens is 238 g/mol. The lowest BCUT2D eigenvalue weighted by Crippen LogP contribution is -2.32. The zero-order valence-corrected chi connectivity index (χ0v) is 10.4. The van der Waals surface area contributed by atoms with Gasteiger partial charge in [0.15, 0.2) is 0 Å². The molecule has 0 saturated carbocycles. The number of fused-ring (bicyclic) bond motifs is 1. The second kappa shape index (κ2) is 5.23. The highest BCUT2D eigenvalue weighted by molar-refractivity contribution is 6.31. The third-order valence-electron chi connectivity index (χ3n) is 2.64. The zero-order chi connectivity index (χ0) is 12.3. The van der Waals surface area contributed by atoms with Gasteiger partial charge in [-0.2, -0.15) is 0 Å². The molecule has 17 heavy (non-hydrogen) atoms. The van der Waals surface area contributed by atoms with Crippen molar-refractivity contribution < 1.29 is 9.53 Å². The van der Waals surface area contributed by atoms with Gasteiger partial charge in [0, 0.05) is 11.6 Å². The van der Waals surface area contributed by atoms with Crippen LogP contribution in [0.3, 0.4) is 0 Å². The average Bonchev–Trinajstić information content (AvgIpc) is 2.47. The molecule has 0 radical (unpaired) electrons. The van der Waals surface area contributed by atoms with Crippen LogP contribution < -0.4 is 4.74 Å². The summed E-state index contributed by atoms with van der Waals surface area (Å²) in [5.41, 5.74) is 0.541. The number of ether oxygens (including phenoxy) is 1. The summed E-state index contributed by atoms with van der Waals surface area (Å²) >= 11 is 5.91. The molecule has 1 aliphatic heterocycles. The number of hydrogen-bond acceptors (Lipinski definition) is 2. The Kier molecular flexibility index (Phi) is 3.69. The molecule has 1 aliphatic rings. The molecular formula is C13H14ClNO2. The minimum Gasteiger partial charge on any atom is -0.491 e. The van der Waals surface area contributed by atoms with Crippen LogP contribution in [-0.4, -0.2) is 30.5 Å². The number of nitrogens with zero attached hydrogens (tertiary/aromatic N) is 1. The monoisotopic (exact) mass is 251 g/mol. The van der Waals surface area contributed by atoms with Crippen LogP contribution in [0.4, 0.5) is 0 Å². The van der Waals surface area contributed by atoms with E-state index in [0.717, 1.165) is 0 Å². The largest absolute Gasteiger partial charge is 0.491 e. The van der Waals surface area contributed by atoms with Crippen molar-refractivity contribution in [3.63, 3.8) is 0 Å². The highest BCUT2D eigenvalue weighted by atomic mass is 35.5. The van der Waals surface area contributed by atoms with E-state index < -0.39 is 0 Å². The summed E-state index contributed by atoms with van der Waals surface area (Å²) in [5.74, 6) is 0.584. The summed E-state index contributed by atoms with van der Waals surface area (Å²) in [6, 6.07) is 5.14. The van der Waals surface area contributed by atoms with E-state index in [2.05, 4.69) is 0 Å². The van der Waals surface area contributed by atoms with Crippen molar-refractivity contribution in [1.29, 1.82) is 0 Å². The van der Waals surface area contributed by atoms with E-state index in [1.165, 1.54) is 0 Å². The third kappa shape index (κ3) is 2.61. The Morgan fingerprint density at radius 2 is 2.35 bits per heavy atom. The summed E-state index contributed by atoms with van der Waals surface area (Å²) in [6.07, 6.45) is 3.88. The number of carbonyl (C=O) groups is 1. The summed E-state index contributed by atoms with van der Waals surface area (Å²) in [6.45, 7) is 3.64. The van der Waals surface area contributed by atoms with Crippen molar-refractivity contribution in [2.24, 2.45) is 0 Å². The van der Waals surface area contributed by atoms with Crippen LogP contribution in [0, 0.1) is 0 Å². The molecule has 0 aromatic heterocycles. The van der Waals surface area contributed by atoms with Crippen LogP contribution >= 0.6 is 11.6 Å². The van der Waals surface area contributed by atoms with Crippen molar-refractivity contribution in [2.45, 2.75) is 6.92 Å².